The Balaban J connectivity index is 1.70. The summed E-state index contributed by atoms with van der Waals surface area (Å²) < 4.78 is 51.7. The first-order valence-corrected chi connectivity index (χ1v) is 10.6. The maximum absolute atomic E-state index is 13.7. The van der Waals surface area contributed by atoms with E-state index in [0.29, 0.717) is 5.92 Å². The Labute approximate surface area is 184 Å². The normalized spacial score (nSPS) is 14.8. The molecular formula is C22H19BrF3NO4. The first-order chi connectivity index (χ1) is 14.7. The van der Waals surface area contributed by atoms with Gasteiger partial charge in [0.1, 0.15) is 17.1 Å². The standard InChI is InChI=1S/C22H19BrF3NO4/c23-18-9-14(30-11-20(28)29)8-17(22(24,25)26)21(18)31-13-5-6-19-15(7-13)16(10-27-19)12-3-1-2-4-12/h5-10,12,27H,1-4,11H2,(H,28,29). The van der Waals surface area contributed by atoms with E-state index in [1.54, 1.807) is 18.2 Å². The van der Waals surface area contributed by atoms with Crippen molar-refractivity contribution in [2.24, 2.45) is 0 Å². The Morgan fingerprint density at radius 1 is 1.16 bits per heavy atom. The largest absolute Gasteiger partial charge is 0.482 e. The molecule has 9 heteroatoms. The Kier molecular flexibility index (Phi) is 5.88. The van der Waals surface area contributed by atoms with Crippen LogP contribution in [0.3, 0.4) is 0 Å². The number of aromatic nitrogens is 1. The molecule has 164 valence electrons. The van der Waals surface area contributed by atoms with Crippen molar-refractivity contribution in [1.82, 2.24) is 4.98 Å². The van der Waals surface area contributed by atoms with E-state index in [4.69, 9.17) is 14.6 Å². The molecule has 0 radical (unpaired) electrons. The number of carboxylic acids is 1. The molecule has 1 heterocycles. The third-order valence-electron chi connectivity index (χ3n) is 5.38. The van der Waals surface area contributed by atoms with Crippen molar-refractivity contribution in [3.05, 3.63) is 52.1 Å². The minimum Gasteiger partial charge on any atom is -0.482 e. The fourth-order valence-corrected chi connectivity index (χ4v) is 4.51. The van der Waals surface area contributed by atoms with Gasteiger partial charge in [0.2, 0.25) is 0 Å². The highest BCUT2D eigenvalue weighted by Crippen LogP contribution is 2.45. The number of aliphatic carboxylic acids is 1. The number of hydrogen-bond donors (Lipinski definition) is 2. The molecule has 5 nitrogen and oxygen atoms in total. The lowest BCUT2D eigenvalue weighted by atomic mass is 9.97. The van der Waals surface area contributed by atoms with Crippen LogP contribution in [0.1, 0.15) is 42.7 Å². The fraction of sp³-hybridized carbons (Fsp3) is 0.318. The maximum Gasteiger partial charge on any atom is 0.420 e. The highest BCUT2D eigenvalue weighted by atomic mass is 79.9. The van der Waals surface area contributed by atoms with Gasteiger partial charge in [0, 0.05) is 17.1 Å². The molecule has 0 atom stereocenters. The van der Waals surface area contributed by atoms with Gasteiger partial charge < -0.3 is 19.6 Å². The molecular weight excluding hydrogens is 479 g/mol. The molecule has 4 rings (SSSR count). The second-order valence-corrected chi connectivity index (χ2v) is 8.35. The van der Waals surface area contributed by atoms with Gasteiger partial charge in [-0.25, -0.2) is 4.79 Å². The first-order valence-electron chi connectivity index (χ1n) is 9.76. The number of fused-ring (bicyclic) bond motifs is 1. The number of nitrogens with one attached hydrogen (secondary N) is 1. The van der Waals surface area contributed by atoms with Crippen LogP contribution in [0.25, 0.3) is 10.9 Å². The number of benzene rings is 2. The van der Waals surface area contributed by atoms with Gasteiger partial charge in [-0.1, -0.05) is 12.8 Å². The molecule has 2 N–H and O–H groups in total. The van der Waals surface area contributed by atoms with E-state index in [2.05, 4.69) is 20.9 Å². The van der Waals surface area contributed by atoms with Gasteiger partial charge in [-0.3, -0.25) is 0 Å². The second kappa shape index (κ2) is 8.45. The van der Waals surface area contributed by atoms with Crippen LogP contribution >= 0.6 is 15.9 Å². The van der Waals surface area contributed by atoms with Gasteiger partial charge in [-0.15, -0.1) is 0 Å². The van der Waals surface area contributed by atoms with E-state index in [9.17, 15) is 18.0 Å². The molecule has 2 aromatic carbocycles. The maximum atomic E-state index is 13.7. The summed E-state index contributed by atoms with van der Waals surface area (Å²) in [7, 11) is 0. The SMILES string of the molecule is O=C(O)COc1cc(Br)c(Oc2ccc3[nH]cc(C4CCCC4)c3c2)c(C(F)(F)F)c1. The van der Waals surface area contributed by atoms with Gasteiger partial charge >= 0.3 is 12.1 Å². The molecule has 0 saturated heterocycles. The van der Waals surface area contributed by atoms with Gasteiger partial charge in [0.05, 0.1) is 4.47 Å². The van der Waals surface area contributed by atoms with Gasteiger partial charge in [0.15, 0.2) is 12.4 Å². The van der Waals surface area contributed by atoms with Gasteiger partial charge in [-0.2, -0.15) is 13.2 Å². The smallest absolute Gasteiger partial charge is 0.420 e. The lowest BCUT2D eigenvalue weighted by Gasteiger charge is -2.17. The monoisotopic (exact) mass is 497 g/mol. The molecule has 0 aliphatic heterocycles. The van der Waals surface area contributed by atoms with Crippen LogP contribution in [0.5, 0.6) is 17.2 Å². The van der Waals surface area contributed by atoms with E-state index >= 15 is 0 Å². The minimum atomic E-state index is -4.73. The zero-order valence-corrected chi connectivity index (χ0v) is 17.8. The molecule has 1 aliphatic rings. The topological polar surface area (TPSA) is 71.6 Å². The van der Waals surface area contributed by atoms with E-state index in [1.165, 1.54) is 18.9 Å². The Morgan fingerprint density at radius 2 is 1.90 bits per heavy atom. The Morgan fingerprint density at radius 3 is 2.58 bits per heavy atom. The lowest BCUT2D eigenvalue weighted by molar-refractivity contribution is -0.139. The van der Waals surface area contributed by atoms with Crippen LogP contribution in [-0.2, 0) is 11.0 Å². The van der Waals surface area contributed by atoms with E-state index in [-0.39, 0.29) is 16.0 Å². The predicted molar refractivity (Wildman–Crippen MR) is 112 cm³/mol. The molecule has 0 amide bonds. The number of alkyl halides is 3. The summed E-state index contributed by atoms with van der Waals surface area (Å²) in [5, 5.41) is 9.65. The van der Waals surface area contributed by atoms with Crippen LogP contribution in [0.4, 0.5) is 13.2 Å². The van der Waals surface area contributed by atoms with Crippen molar-refractivity contribution >= 4 is 32.8 Å². The van der Waals surface area contributed by atoms with Crippen molar-refractivity contribution in [2.45, 2.75) is 37.8 Å². The summed E-state index contributed by atoms with van der Waals surface area (Å²) in [5.41, 5.74) is 1.000. The first kappa shape index (κ1) is 21.5. The Hall–Kier alpha value is -2.68. The van der Waals surface area contributed by atoms with Crippen molar-refractivity contribution in [3.63, 3.8) is 0 Å². The van der Waals surface area contributed by atoms with Crippen LogP contribution in [0.15, 0.2) is 41.0 Å². The number of hydrogen-bond acceptors (Lipinski definition) is 3. The number of carboxylic acid groups (broad SMARTS) is 1. The van der Waals surface area contributed by atoms with Crippen LogP contribution in [0.2, 0.25) is 0 Å². The molecule has 31 heavy (non-hydrogen) atoms. The average Bonchev–Trinajstić information content (AvgIpc) is 3.36. The highest BCUT2D eigenvalue weighted by Gasteiger charge is 2.36. The van der Waals surface area contributed by atoms with E-state index < -0.39 is 30.1 Å². The average molecular weight is 498 g/mol. The van der Waals surface area contributed by atoms with E-state index in [0.717, 1.165) is 35.4 Å². The highest BCUT2D eigenvalue weighted by molar-refractivity contribution is 9.10. The van der Waals surface area contributed by atoms with Gasteiger partial charge in [-0.05, 0) is 70.6 Å². The Bertz CT molecular complexity index is 1120. The van der Waals surface area contributed by atoms with Crippen LogP contribution in [0, 0.1) is 0 Å². The molecule has 3 aromatic rings. The summed E-state index contributed by atoms with van der Waals surface area (Å²) in [6.07, 6.45) is 1.78. The number of H-pyrrole nitrogens is 1. The summed E-state index contributed by atoms with van der Waals surface area (Å²) in [6.45, 7) is -0.752. The fourth-order valence-electron chi connectivity index (χ4n) is 3.99. The van der Waals surface area contributed by atoms with Crippen molar-refractivity contribution in [1.29, 1.82) is 0 Å². The molecule has 1 fully saturated rings. The van der Waals surface area contributed by atoms with Crippen molar-refractivity contribution < 1.29 is 32.5 Å². The molecule has 1 aromatic heterocycles. The number of halogens is 4. The molecule has 1 aliphatic carbocycles. The molecule has 0 unspecified atom stereocenters. The quantitative estimate of drug-likeness (QED) is 0.390. The zero-order valence-electron chi connectivity index (χ0n) is 16.3. The number of aromatic amines is 1. The van der Waals surface area contributed by atoms with Crippen molar-refractivity contribution in [2.75, 3.05) is 6.61 Å². The number of carbonyl (C=O) groups is 1. The molecule has 0 spiro atoms. The summed E-state index contributed by atoms with van der Waals surface area (Å²) >= 11 is 3.11. The summed E-state index contributed by atoms with van der Waals surface area (Å²) in [6, 6.07) is 7.14. The third-order valence-corrected chi connectivity index (χ3v) is 5.97. The minimum absolute atomic E-state index is 0.00731. The van der Waals surface area contributed by atoms with Gasteiger partial charge in [0.25, 0.3) is 0 Å². The van der Waals surface area contributed by atoms with Crippen LogP contribution in [-0.4, -0.2) is 22.7 Å². The van der Waals surface area contributed by atoms with Crippen molar-refractivity contribution in [3.8, 4) is 17.2 Å². The lowest BCUT2D eigenvalue weighted by Crippen LogP contribution is -2.12. The van der Waals surface area contributed by atoms with Crippen LogP contribution < -0.4 is 9.47 Å². The number of rotatable bonds is 6. The number of ether oxygens (including phenoxy) is 2. The second-order valence-electron chi connectivity index (χ2n) is 7.50. The predicted octanol–water partition coefficient (Wildman–Crippen LogP) is 6.86. The molecule has 0 bridgehead atoms. The third kappa shape index (κ3) is 4.66. The van der Waals surface area contributed by atoms with E-state index in [1.807, 2.05) is 6.20 Å². The summed E-state index contributed by atoms with van der Waals surface area (Å²) in [4.78, 5) is 13.9. The zero-order chi connectivity index (χ0) is 22.2. The molecule has 1 saturated carbocycles. The summed E-state index contributed by atoms with van der Waals surface area (Å²) in [5.74, 6) is -1.21.